The quantitative estimate of drug-likeness (QED) is 0.840. The highest BCUT2D eigenvalue weighted by Crippen LogP contribution is 2.25. The van der Waals surface area contributed by atoms with Crippen LogP contribution in [0.1, 0.15) is 31.8 Å². The fourth-order valence-electron chi connectivity index (χ4n) is 1.86. The van der Waals surface area contributed by atoms with Crippen molar-refractivity contribution < 1.29 is 19.8 Å². The minimum atomic E-state index is -1.22. The maximum absolute atomic E-state index is 11.3. The molecule has 0 aliphatic heterocycles. The lowest BCUT2D eigenvalue weighted by Gasteiger charge is -2.04. The van der Waals surface area contributed by atoms with E-state index < -0.39 is 11.9 Å². The lowest BCUT2D eigenvalue weighted by atomic mass is 10.0. The fraction of sp³-hybridized carbons (Fsp3) is 0.0625. The van der Waals surface area contributed by atoms with Crippen LogP contribution >= 0.6 is 11.6 Å². The molecule has 0 aliphatic carbocycles. The second-order valence-electron chi connectivity index (χ2n) is 4.55. The molecule has 0 atom stereocenters. The highest BCUT2D eigenvalue weighted by molar-refractivity contribution is 6.31. The third-order valence-corrected chi connectivity index (χ3v) is 3.52. The summed E-state index contributed by atoms with van der Waals surface area (Å²) >= 11 is 6.00. The van der Waals surface area contributed by atoms with Gasteiger partial charge in [-0.3, -0.25) is 4.99 Å². The maximum atomic E-state index is 11.3. The van der Waals surface area contributed by atoms with Gasteiger partial charge in [-0.2, -0.15) is 0 Å². The summed E-state index contributed by atoms with van der Waals surface area (Å²) in [6.45, 7) is 1.81. The van der Waals surface area contributed by atoms with E-state index in [4.69, 9.17) is 16.7 Å². The van der Waals surface area contributed by atoms with Gasteiger partial charge in [0.15, 0.2) is 0 Å². The summed E-state index contributed by atoms with van der Waals surface area (Å²) in [4.78, 5) is 26.4. The van der Waals surface area contributed by atoms with Crippen molar-refractivity contribution in [1.29, 1.82) is 0 Å². The molecule has 0 heterocycles. The zero-order chi connectivity index (χ0) is 16.3. The number of nitrogens with zero attached hydrogens (tertiary/aromatic N) is 1. The third-order valence-electron chi connectivity index (χ3n) is 3.11. The normalized spacial score (nSPS) is 10.8. The Kier molecular flexibility index (Phi) is 4.58. The highest BCUT2D eigenvalue weighted by Gasteiger charge is 2.13. The SMILES string of the molecule is Cc1c(Cl)cccc1/N=C/c1ccc(C(=O)O)cc1C(=O)O. The average Bonchev–Trinajstić information content (AvgIpc) is 2.48. The number of aromatic carboxylic acids is 2. The molecule has 0 aromatic heterocycles. The van der Waals surface area contributed by atoms with Gasteiger partial charge in [0.1, 0.15) is 0 Å². The molecule has 0 aliphatic rings. The summed E-state index contributed by atoms with van der Waals surface area (Å²) in [6, 6.07) is 9.09. The molecule has 0 unspecified atom stereocenters. The molecule has 0 fully saturated rings. The minimum absolute atomic E-state index is 0.0894. The van der Waals surface area contributed by atoms with Crippen LogP contribution in [0, 0.1) is 6.92 Å². The van der Waals surface area contributed by atoms with E-state index in [1.165, 1.54) is 18.3 Å². The molecule has 0 radical (unpaired) electrons. The predicted molar refractivity (Wildman–Crippen MR) is 83.8 cm³/mol. The first kappa shape index (κ1) is 15.7. The molecule has 2 rings (SSSR count). The van der Waals surface area contributed by atoms with E-state index in [1.54, 1.807) is 25.1 Å². The van der Waals surface area contributed by atoms with E-state index in [1.807, 2.05) is 0 Å². The van der Waals surface area contributed by atoms with Gasteiger partial charge in [-0.15, -0.1) is 0 Å². The lowest BCUT2D eigenvalue weighted by molar-refractivity contribution is 0.0695. The number of hydrogen-bond donors (Lipinski definition) is 2. The Morgan fingerprint density at radius 3 is 2.50 bits per heavy atom. The molecule has 5 nitrogen and oxygen atoms in total. The Bertz CT molecular complexity index is 784. The monoisotopic (exact) mass is 317 g/mol. The Hall–Kier alpha value is -2.66. The number of carboxylic acid groups (broad SMARTS) is 2. The Morgan fingerprint density at radius 1 is 1.14 bits per heavy atom. The molecule has 22 heavy (non-hydrogen) atoms. The smallest absolute Gasteiger partial charge is 0.336 e. The lowest BCUT2D eigenvalue weighted by Crippen LogP contribution is -2.06. The van der Waals surface area contributed by atoms with Gasteiger partial charge in [-0.05, 0) is 36.8 Å². The second kappa shape index (κ2) is 6.41. The molecular formula is C16H12ClNO4. The number of aliphatic imine (C=N–C) groups is 1. The summed E-state index contributed by atoms with van der Waals surface area (Å²) in [5.41, 5.74) is 1.50. The Balaban J connectivity index is 2.44. The number of carbonyl (C=O) groups is 2. The van der Waals surface area contributed by atoms with Crippen LogP contribution in [0.15, 0.2) is 41.4 Å². The van der Waals surface area contributed by atoms with Crippen LogP contribution < -0.4 is 0 Å². The second-order valence-corrected chi connectivity index (χ2v) is 4.96. The topological polar surface area (TPSA) is 87.0 Å². The predicted octanol–water partition coefficient (Wildman–Crippen LogP) is 3.80. The van der Waals surface area contributed by atoms with Crippen LogP contribution in [0.5, 0.6) is 0 Å². The van der Waals surface area contributed by atoms with Crippen molar-refractivity contribution in [3.05, 3.63) is 63.7 Å². The van der Waals surface area contributed by atoms with Crippen LogP contribution in [-0.4, -0.2) is 28.4 Å². The van der Waals surface area contributed by atoms with Crippen LogP contribution in [0.4, 0.5) is 5.69 Å². The number of benzene rings is 2. The number of rotatable bonds is 4. The van der Waals surface area contributed by atoms with Crippen LogP contribution in [0.25, 0.3) is 0 Å². The molecule has 0 bridgehead atoms. The Morgan fingerprint density at radius 2 is 1.86 bits per heavy atom. The first-order chi connectivity index (χ1) is 10.4. The van der Waals surface area contributed by atoms with Crippen molar-refractivity contribution in [3.8, 4) is 0 Å². The molecule has 0 amide bonds. The van der Waals surface area contributed by atoms with Gasteiger partial charge < -0.3 is 10.2 Å². The molecule has 0 saturated heterocycles. The third kappa shape index (κ3) is 3.32. The summed E-state index contributed by atoms with van der Waals surface area (Å²) in [5.74, 6) is -2.40. The van der Waals surface area contributed by atoms with E-state index in [9.17, 15) is 14.7 Å². The zero-order valence-electron chi connectivity index (χ0n) is 11.6. The molecule has 2 aromatic rings. The van der Waals surface area contributed by atoms with Gasteiger partial charge in [0.05, 0.1) is 16.8 Å². The standard InChI is InChI=1S/C16H12ClNO4/c1-9-13(17)3-2-4-14(9)18-8-11-6-5-10(15(19)20)7-12(11)16(21)22/h2-8H,1H3,(H,19,20)(H,21,22)/b18-8+. The van der Waals surface area contributed by atoms with Crippen molar-refractivity contribution in [2.45, 2.75) is 6.92 Å². The Labute approximate surface area is 131 Å². The van der Waals surface area contributed by atoms with E-state index in [0.29, 0.717) is 16.3 Å². The van der Waals surface area contributed by atoms with Crippen molar-refractivity contribution in [2.75, 3.05) is 0 Å². The van der Waals surface area contributed by atoms with Crippen molar-refractivity contribution in [1.82, 2.24) is 0 Å². The number of carboxylic acids is 2. The van der Waals surface area contributed by atoms with Crippen LogP contribution in [-0.2, 0) is 0 Å². The van der Waals surface area contributed by atoms with Gasteiger partial charge in [-0.25, -0.2) is 9.59 Å². The van der Waals surface area contributed by atoms with Crippen molar-refractivity contribution in [3.63, 3.8) is 0 Å². The highest BCUT2D eigenvalue weighted by atomic mass is 35.5. The summed E-state index contributed by atoms with van der Waals surface area (Å²) < 4.78 is 0. The van der Waals surface area contributed by atoms with E-state index in [2.05, 4.69) is 4.99 Å². The molecule has 6 heteroatoms. The largest absolute Gasteiger partial charge is 0.478 e. The number of halogens is 1. The maximum Gasteiger partial charge on any atom is 0.336 e. The molecule has 112 valence electrons. The summed E-state index contributed by atoms with van der Waals surface area (Å²) in [7, 11) is 0. The molecule has 0 spiro atoms. The molecular weight excluding hydrogens is 306 g/mol. The van der Waals surface area contributed by atoms with Crippen molar-refractivity contribution >= 4 is 35.4 Å². The summed E-state index contributed by atoms with van der Waals surface area (Å²) in [6.07, 6.45) is 1.38. The van der Waals surface area contributed by atoms with E-state index in [0.717, 1.165) is 11.6 Å². The zero-order valence-corrected chi connectivity index (χ0v) is 12.3. The fourth-order valence-corrected chi connectivity index (χ4v) is 2.03. The first-order valence-electron chi connectivity index (χ1n) is 6.30. The number of hydrogen-bond acceptors (Lipinski definition) is 3. The van der Waals surface area contributed by atoms with Crippen LogP contribution in [0.3, 0.4) is 0 Å². The molecule has 2 N–H and O–H groups in total. The van der Waals surface area contributed by atoms with Gasteiger partial charge >= 0.3 is 11.9 Å². The first-order valence-corrected chi connectivity index (χ1v) is 6.67. The van der Waals surface area contributed by atoms with E-state index >= 15 is 0 Å². The van der Waals surface area contributed by atoms with Crippen molar-refractivity contribution in [2.24, 2.45) is 4.99 Å². The summed E-state index contributed by atoms with van der Waals surface area (Å²) in [5, 5.41) is 18.7. The van der Waals surface area contributed by atoms with Gasteiger partial charge in [-0.1, -0.05) is 23.7 Å². The average molecular weight is 318 g/mol. The minimum Gasteiger partial charge on any atom is -0.478 e. The van der Waals surface area contributed by atoms with Gasteiger partial charge in [0.25, 0.3) is 0 Å². The molecule has 2 aromatic carbocycles. The van der Waals surface area contributed by atoms with Gasteiger partial charge in [0, 0.05) is 16.8 Å². The van der Waals surface area contributed by atoms with Crippen LogP contribution in [0.2, 0.25) is 5.02 Å². The van der Waals surface area contributed by atoms with E-state index in [-0.39, 0.29) is 11.1 Å². The van der Waals surface area contributed by atoms with Gasteiger partial charge in [0.2, 0.25) is 0 Å². The molecule has 0 saturated carbocycles.